The van der Waals surface area contributed by atoms with Gasteiger partial charge < -0.3 is 5.11 Å². The highest BCUT2D eigenvalue weighted by Crippen LogP contribution is 2.32. The Balaban J connectivity index is 2.17. The first-order valence-electron chi connectivity index (χ1n) is 6.80. The first-order valence-corrected chi connectivity index (χ1v) is 10.2. The van der Waals surface area contributed by atoms with Gasteiger partial charge in [-0.1, -0.05) is 6.92 Å². The van der Waals surface area contributed by atoms with Crippen LogP contribution >= 0.6 is 23.1 Å². The predicted molar refractivity (Wildman–Crippen MR) is 85.9 cm³/mol. The van der Waals surface area contributed by atoms with Crippen LogP contribution < -0.4 is 4.72 Å². The van der Waals surface area contributed by atoms with E-state index in [2.05, 4.69) is 11.6 Å². The Labute approximate surface area is 133 Å². The fourth-order valence-electron chi connectivity index (χ4n) is 2.63. The van der Waals surface area contributed by atoms with Crippen LogP contribution in [0.2, 0.25) is 0 Å². The number of carboxylic acids is 1. The number of nitrogens with one attached hydrogen (secondary N) is 1. The number of hydrogen-bond donors (Lipinski definition) is 2. The van der Waals surface area contributed by atoms with E-state index in [0.29, 0.717) is 10.8 Å². The summed E-state index contributed by atoms with van der Waals surface area (Å²) < 4.78 is 27.7. The molecule has 2 N–H and O–H groups in total. The molecule has 0 aromatic carbocycles. The van der Waals surface area contributed by atoms with Crippen molar-refractivity contribution in [1.29, 1.82) is 0 Å². The molecule has 1 aromatic rings. The van der Waals surface area contributed by atoms with Gasteiger partial charge in [0, 0.05) is 11.3 Å². The van der Waals surface area contributed by atoms with Gasteiger partial charge in [0.15, 0.2) is 0 Å². The average molecular weight is 349 g/mol. The number of rotatable bonds is 6. The molecule has 1 fully saturated rings. The van der Waals surface area contributed by atoms with E-state index in [1.54, 1.807) is 12.3 Å². The summed E-state index contributed by atoms with van der Waals surface area (Å²) in [5.41, 5.74) is 0.488. The first-order chi connectivity index (χ1) is 9.85. The van der Waals surface area contributed by atoms with Crippen LogP contribution in [0.15, 0.2) is 10.3 Å². The van der Waals surface area contributed by atoms with Gasteiger partial charge in [-0.3, -0.25) is 0 Å². The van der Waals surface area contributed by atoms with Crippen molar-refractivity contribution in [3.05, 3.63) is 15.8 Å². The first kappa shape index (κ1) is 16.8. The molecular formula is C13H19NO4S3. The molecule has 21 heavy (non-hydrogen) atoms. The zero-order valence-corrected chi connectivity index (χ0v) is 14.4. The molecule has 118 valence electrons. The number of carboxylic acid groups (broad SMARTS) is 1. The van der Waals surface area contributed by atoms with Crippen LogP contribution in [0.1, 0.15) is 41.4 Å². The summed E-state index contributed by atoms with van der Waals surface area (Å²) in [4.78, 5) is 11.0. The molecule has 8 heteroatoms. The molecule has 0 aliphatic heterocycles. The zero-order chi connectivity index (χ0) is 15.6. The fourth-order valence-corrected chi connectivity index (χ4v) is 6.68. The van der Waals surface area contributed by atoms with Gasteiger partial charge in [-0.05, 0) is 42.9 Å². The second-order valence-corrected chi connectivity index (χ2v) is 9.20. The van der Waals surface area contributed by atoms with E-state index >= 15 is 0 Å². The van der Waals surface area contributed by atoms with E-state index in [4.69, 9.17) is 5.11 Å². The third-order valence-corrected chi connectivity index (χ3v) is 7.64. The summed E-state index contributed by atoms with van der Waals surface area (Å²) in [6.45, 7) is 3.72. The molecule has 1 aliphatic rings. The molecule has 1 saturated carbocycles. The lowest BCUT2D eigenvalue weighted by Gasteiger charge is -2.14. The third-order valence-electron chi connectivity index (χ3n) is 3.49. The van der Waals surface area contributed by atoms with Crippen molar-refractivity contribution in [1.82, 2.24) is 4.72 Å². The lowest BCUT2D eigenvalue weighted by molar-refractivity contribution is 0.0698. The minimum Gasteiger partial charge on any atom is -0.477 e. The molecule has 5 nitrogen and oxygen atoms in total. The number of aryl methyl sites for hydroxylation is 1. The van der Waals surface area contributed by atoms with Gasteiger partial charge >= 0.3 is 5.97 Å². The van der Waals surface area contributed by atoms with Crippen LogP contribution in [0.4, 0.5) is 0 Å². The normalized spacial score (nSPS) is 22.6. The van der Waals surface area contributed by atoms with Crippen molar-refractivity contribution in [2.45, 2.75) is 49.3 Å². The minimum absolute atomic E-state index is 0.0772. The Hall–Kier alpha value is -0.570. The standard InChI is InChI=1S/C13H19NO4S3/c1-3-19-10-5-4-9(6-10)14-21(17,18)12-8(2)7-20-11(12)13(15)16/h7,9-10,14H,3-6H2,1-2H3,(H,15,16). The molecule has 0 bridgehead atoms. The lowest BCUT2D eigenvalue weighted by Crippen LogP contribution is -2.34. The quantitative estimate of drug-likeness (QED) is 0.825. The highest BCUT2D eigenvalue weighted by atomic mass is 32.2. The maximum atomic E-state index is 12.5. The Morgan fingerprint density at radius 1 is 1.52 bits per heavy atom. The molecule has 0 saturated heterocycles. The van der Waals surface area contributed by atoms with Crippen LogP contribution in [0, 0.1) is 6.92 Å². The number of thioether (sulfide) groups is 1. The summed E-state index contributed by atoms with van der Waals surface area (Å²) >= 11 is 2.81. The van der Waals surface area contributed by atoms with Gasteiger partial charge in [0.25, 0.3) is 0 Å². The molecule has 1 aromatic heterocycles. The summed E-state index contributed by atoms with van der Waals surface area (Å²) in [7, 11) is -3.77. The lowest BCUT2D eigenvalue weighted by atomic mass is 10.3. The van der Waals surface area contributed by atoms with E-state index in [-0.39, 0.29) is 15.8 Å². The highest BCUT2D eigenvalue weighted by molar-refractivity contribution is 7.99. The Morgan fingerprint density at radius 2 is 2.24 bits per heavy atom. The maximum absolute atomic E-state index is 12.5. The van der Waals surface area contributed by atoms with Crippen molar-refractivity contribution >= 4 is 39.1 Å². The van der Waals surface area contributed by atoms with Crippen molar-refractivity contribution in [3.8, 4) is 0 Å². The van der Waals surface area contributed by atoms with Crippen LogP contribution in [-0.4, -0.2) is 36.5 Å². The second-order valence-electron chi connectivity index (χ2n) is 5.09. The second kappa shape index (κ2) is 6.68. The fraction of sp³-hybridized carbons (Fsp3) is 0.615. The summed E-state index contributed by atoms with van der Waals surface area (Å²) in [6.07, 6.45) is 2.62. The van der Waals surface area contributed by atoms with Crippen molar-refractivity contribution in [2.24, 2.45) is 0 Å². The van der Waals surface area contributed by atoms with E-state index in [1.165, 1.54) is 0 Å². The van der Waals surface area contributed by atoms with Gasteiger partial charge in [0.05, 0.1) is 0 Å². The number of hydrogen-bond acceptors (Lipinski definition) is 5. The van der Waals surface area contributed by atoms with Crippen LogP contribution in [-0.2, 0) is 10.0 Å². The van der Waals surface area contributed by atoms with Crippen LogP contribution in [0.5, 0.6) is 0 Å². The van der Waals surface area contributed by atoms with E-state index in [9.17, 15) is 13.2 Å². The maximum Gasteiger partial charge on any atom is 0.347 e. The number of sulfonamides is 1. The summed E-state index contributed by atoms with van der Waals surface area (Å²) in [6, 6.07) is -0.0972. The molecule has 2 unspecified atom stereocenters. The molecule has 0 amide bonds. The number of aromatic carboxylic acids is 1. The molecule has 2 rings (SSSR count). The Kier molecular flexibility index (Phi) is 5.34. The number of carbonyl (C=O) groups is 1. The molecule has 0 radical (unpaired) electrons. The van der Waals surface area contributed by atoms with Crippen molar-refractivity contribution in [2.75, 3.05) is 5.75 Å². The summed E-state index contributed by atoms with van der Waals surface area (Å²) in [5, 5.41) is 11.2. The van der Waals surface area contributed by atoms with Gasteiger partial charge in [-0.15, -0.1) is 11.3 Å². The molecule has 0 spiro atoms. The smallest absolute Gasteiger partial charge is 0.347 e. The van der Waals surface area contributed by atoms with Crippen molar-refractivity contribution in [3.63, 3.8) is 0 Å². The van der Waals surface area contributed by atoms with Crippen molar-refractivity contribution < 1.29 is 18.3 Å². The van der Waals surface area contributed by atoms with Gasteiger partial charge in [-0.25, -0.2) is 17.9 Å². The third kappa shape index (κ3) is 3.80. The van der Waals surface area contributed by atoms with Crippen LogP contribution in [0.25, 0.3) is 0 Å². The van der Waals surface area contributed by atoms with E-state index in [0.717, 1.165) is 36.4 Å². The highest BCUT2D eigenvalue weighted by Gasteiger charge is 2.32. The topological polar surface area (TPSA) is 83.5 Å². The summed E-state index contributed by atoms with van der Waals surface area (Å²) in [5.74, 6) is -0.170. The van der Waals surface area contributed by atoms with Gasteiger partial charge in [0.1, 0.15) is 9.77 Å². The van der Waals surface area contributed by atoms with Gasteiger partial charge in [0.2, 0.25) is 10.0 Å². The SMILES string of the molecule is CCSC1CCC(NS(=O)(=O)c2c(C)csc2C(=O)O)C1. The monoisotopic (exact) mass is 349 g/mol. The average Bonchev–Trinajstić information content (AvgIpc) is 2.96. The molecule has 1 heterocycles. The van der Waals surface area contributed by atoms with E-state index < -0.39 is 16.0 Å². The zero-order valence-electron chi connectivity index (χ0n) is 12.0. The predicted octanol–water partition coefficient (Wildman–Crippen LogP) is 2.71. The molecule has 2 atom stereocenters. The Bertz CT molecular complexity index is 623. The van der Waals surface area contributed by atoms with Gasteiger partial charge in [-0.2, -0.15) is 11.8 Å². The largest absolute Gasteiger partial charge is 0.477 e. The minimum atomic E-state index is -3.77. The Morgan fingerprint density at radius 3 is 2.86 bits per heavy atom. The molecular weight excluding hydrogens is 330 g/mol. The van der Waals surface area contributed by atoms with Crippen LogP contribution in [0.3, 0.4) is 0 Å². The van der Waals surface area contributed by atoms with E-state index in [1.807, 2.05) is 11.8 Å². The number of thiophene rings is 1. The molecule has 1 aliphatic carbocycles.